The molecule has 220 valence electrons. The molecule has 10 nitrogen and oxygen atoms in total. The lowest BCUT2D eigenvalue weighted by atomic mass is 10.1. The number of benzene rings is 2. The van der Waals surface area contributed by atoms with Gasteiger partial charge in [-0.3, -0.25) is 19.2 Å². The fourth-order valence-electron chi connectivity index (χ4n) is 3.24. The van der Waals surface area contributed by atoms with Crippen LogP contribution in [0.1, 0.15) is 17.5 Å². The van der Waals surface area contributed by atoms with E-state index in [2.05, 4.69) is 10.6 Å². The fourth-order valence-corrected chi connectivity index (χ4v) is 3.51. The highest BCUT2D eigenvalue weighted by atomic mass is 35.5. The first-order chi connectivity index (χ1) is 19.8. The number of ether oxygens (including phenoxy) is 4. The summed E-state index contributed by atoms with van der Waals surface area (Å²) in [6.45, 7) is 0.935. The van der Waals surface area contributed by atoms with Crippen LogP contribution in [0.2, 0.25) is 0 Å². The molecule has 0 aliphatic rings. The van der Waals surface area contributed by atoms with Crippen LogP contribution in [0, 0.1) is 0 Å². The van der Waals surface area contributed by atoms with Crippen LogP contribution < -0.4 is 29.6 Å². The van der Waals surface area contributed by atoms with Crippen LogP contribution in [0.3, 0.4) is 0 Å². The lowest BCUT2D eigenvalue weighted by molar-refractivity contribution is -0.134. The average molecular weight is 607 g/mol. The Bertz CT molecular complexity index is 1170. The molecular weight excluding hydrogens is 575 g/mol. The van der Waals surface area contributed by atoms with Gasteiger partial charge >= 0.3 is 11.9 Å². The normalized spacial score (nSPS) is 11.0. The standard InChI is InChI=1S/C29H32Cl2N2O8/c1-38-26-15-20(5-9-24(26)40-28(36)18-32-13-11-30)3-7-22(34)17-23(35)8-4-21-6-10-25(27(16-21)39-2)41-29(37)19-33-14-12-31/h3-10,15-16,32-33H,11-14,17-19H2,1-2H3/b7-3+,8-4+. The van der Waals surface area contributed by atoms with Gasteiger partial charge in [0.1, 0.15) is 0 Å². The number of rotatable bonds is 18. The van der Waals surface area contributed by atoms with E-state index in [0.29, 0.717) is 47.5 Å². The van der Waals surface area contributed by atoms with Gasteiger partial charge in [0, 0.05) is 24.8 Å². The van der Waals surface area contributed by atoms with Crippen molar-refractivity contribution in [3.63, 3.8) is 0 Å². The highest BCUT2D eigenvalue weighted by molar-refractivity contribution is 6.18. The quantitative estimate of drug-likeness (QED) is 0.0650. The molecule has 0 saturated carbocycles. The maximum Gasteiger partial charge on any atom is 0.325 e. The van der Waals surface area contributed by atoms with Gasteiger partial charge in [-0.2, -0.15) is 0 Å². The minimum Gasteiger partial charge on any atom is -0.493 e. The van der Waals surface area contributed by atoms with Crippen molar-refractivity contribution in [3.8, 4) is 23.0 Å². The predicted octanol–water partition coefficient (Wildman–Crippen LogP) is 3.43. The third-order valence-corrected chi connectivity index (χ3v) is 5.55. The van der Waals surface area contributed by atoms with Crippen molar-refractivity contribution in [2.24, 2.45) is 0 Å². The van der Waals surface area contributed by atoms with Crippen molar-refractivity contribution < 1.29 is 38.1 Å². The van der Waals surface area contributed by atoms with Crippen LogP contribution in [0.4, 0.5) is 0 Å². The Morgan fingerprint density at radius 1 is 0.683 bits per heavy atom. The molecule has 0 saturated heterocycles. The molecule has 0 heterocycles. The van der Waals surface area contributed by atoms with Gasteiger partial charge in [0.15, 0.2) is 34.6 Å². The Balaban J connectivity index is 1.93. The predicted molar refractivity (Wildman–Crippen MR) is 157 cm³/mol. The molecule has 0 atom stereocenters. The van der Waals surface area contributed by atoms with E-state index in [1.54, 1.807) is 36.4 Å². The van der Waals surface area contributed by atoms with Gasteiger partial charge in [0.2, 0.25) is 0 Å². The minimum absolute atomic E-state index is 0.00348. The van der Waals surface area contributed by atoms with E-state index in [9.17, 15) is 19.2 Å². The van der Waals surface area contributed by atoms with Gasteiger partial charge in [-0.25, -0.2) is 0 Å². The Hall–Kier alpha value is -3.70. The topological polar surface area (TPSA) is 129 Å². The number of halogens is 2. The molecule has 0 aliphatic carbocycles. The largest absolute Gasteiger partial charge is 0.493 e. The second-order valence-corrected chi connectivity index (χ2v) is 9.03. The van der Waals surface area contributed by atoms with Crippen LogP contribution in [-0.4, -0.2) is 75.7 Å². The number of carbonyl (C=O) groups is 4. The molecule has 0 amide bonds. The van der Waals surface area contributed by atoms with Gasteiger partial charge in [-0.1, -0.05) is 24.3 Å². The number of ketones is 2. The Morgan fingerprint density at radius 2 is 1.10 bits per heavy atom. The monoisotopic (exact) mass is 606 g/mol. The van der Waals surface area contributed by atoms with Crippen LogP contribution >= 0.6 is 23.2 Å². The van der Waals surface area contributed by atoms with Gasteiger partial charge in [0.25, 0.3) is 0 Å². The second-order valence-electron chi connectivity index (χ2n) is 8.28. The summed E-state index contributed by atoms with van der Waals surface area (Å²) in [6.07, 6.45) is 5.31. The summed E-state index contributed by atoms with van der Waals surface area (Å²) < 4.78 is 21.1. The zero-order valence-corrected chi connectivity index (χ0v) is 24.3. The second kappa shape index (κ2) is 18.6. The van der Waals surface area contributed by atoms with E-state index in [1.807, 2.05) is 0 Å². The van der Waals surface area contributed by atoms with Crippen molar-refractivity contribution in [2.45, 2.75) is 6.42 Å². The maximum atomic E-state index is 12.3. The number of allylic oxidation sites excluding steroid dienone is 2. The highest BCUT2D eigenvalue weighted by Gasteiger charge is 2.12. The third kappa shape index (κ3) is 12.6. The summed E-state index contributed by atoms with van der Waals surface area (Å²) in [5.74, 6) is 0.0282. The molecule has 0 unspecified atom stereocenters. The first-order valence-corrected chi connectivity index (χ1v) is 13.6. The number of esters is 2. The summed E-state index contributed by atoms with van der Waals surface area (Å²) in [5, 5.41) is 5.67. The van der Waals surface area contributed by atoms with E-state index in [4.69, 9.17) is 42.1 Å². The number of hydrogen-bond donors (Lipinski definition) is 2. The van der Waals surface area contributed by atoms with Crippen molar-refractivity contribution in [1.29, 1.82) is 0 Å². The molecule has 0 bridgehead atoms. The lowest BCUT2D eigenvalue weighted by Crippen LogP contribution is -2.28. The summed E-state index contributed by atoms with van der Waals surface area (Å²) >= 11 is 11.1. The van der Waals surface area contributed by atoms with Crippen LogP contribution in [0.25, 0.3) is 12.2 Å². The van der Waals surface area contributed by atoms with E-state index in [1.165, 1.54) is 38.5 Å². The van der Waals surface area contributed by atoms with E-state index < -0.39 is 23.5 Å². The van der Waals surface area contributed by atoms with Crippen molar-refractivity contribution in [2.75, 3.05) is 52.2 Å². The lowest BCUT2D eigenvalue weighted by Gasteiger charge is -2.10. The van der Waals surface area contributed by atoms with E-state index >= 15 is 0 Å². The Morgan fingerprint density at radius 3 is 1.46 bits per heavy atom. The third-order valence-electron chi connectivity index (χ3n) is 5.18. The molecule has 0 fully saturated rings. The molecule has 2 N–H and O–H groups in total. The molecule has 0 spiro atoms. The molecule has 0 aliphatic heterocycles. The minimum atomic E-state index is -0.498. The molecular formula is C29H32Cl2N2O8. The first-order valence-electron chi connectivity index (χ1n) is 12.5. The summed E-state index contributed by atoms with van der Waals surface area (Å²) in [7, 11) is 2.86. The molecule has 0 radical (unpaired) electrons. The van der Waals surface area contributed by atoms with Gasteiger partial charge < -0.3 is 29.6 Å². The number of alkyl halides is 2. The van der Waals surface area contributed by atoms with Crippen molar-refractivity contribution in [3.05, 3.63) is 59.7 Å². The SMILES string of the molecule is COc1cc(/C=C/C(=O)CC(=O)/C=C/c2ccc(OC(=O)CNCCCl)c(OC)c2)ccc1OC(=O)CNCCCl. The van der Waals surface area contributed by atoms with Crippen LogP contribution in [-0.2, 0) is 19.2 Å². The van der Waals surface area contributed by atoms with Crippen molar-refractivity contribution >= 4 is 58.9 Å². The van der Waals surface area contributed by atoms with E-state index in [0.717, 1.165) is 0 Å². The molecule has 0 aromatic heterocycles. The van der Waals surface area contributed by atoms with Gasteiger partial charge in [0.05, 0.1) is 33.7 Å². The summed E-state index contributed by atoms with van der Waals surface area (Å²) in [5.41, 5.74) is 1.22. The summed E-state index contributed by atoms with van der Waals surface area (Å²) in [6, 6.07) is 9.60. The first kappa shape index (κ1) is 33.5. The van der Waals surface area contributed by atoms with Gasteiger partial charge in [-0.05, 0) is 47.5 Å². The number of methoxy groups -OCH3 is 2. The van der Waals surface area contributed by atoms with Gasteiger partial charge in [-0.15, -0.1) is 23.2 Å². The maximum absolute atomic E-state index is 12.3. The van der Waals surface area contributed by atoms with Crippen molar-refractivity contribution in [1.82, 2.24) is 10.6 Å². The number of carbonyl (C=O) groups excluding carboxylic acids is 4. The summed E-state index contributed by atoms with van der Waals surface area (Å²) in [4.78, 5) is 48.5. The molecule has 12 heteroatoms. The smallest absolute Gasteiger partial charge is 0.325 e. The number of hydrogen-bond acceptors (Lipinski definition) is 10. The molecule has 2 aromatic rings. The zero-order chi connectivity index (χ0) is 30.0. The Labute approximate surface area is 248 Å². The fraction of sp³-hybridized carbons (Fsp3) is 0.310. The van der Waals surface area contributed by atoms with Crippen LogP contribution in [0.15, 0.2) is 48.6 Å². The van der Waals surface area contributed by atoms with Crippen LogP contribution in [0.5, 0.6) is 23.0 Å². The molecule has 41 heavy (non-hydrogen) atoms. The zero-order valence-electron chi connectivity index (χ0n) is 22.7. The van der Waals surface area contributed by atoms with E-state index in [-0.39, 0.29) is 31.0 Å². The average Bonchev–Trinajstić information content (AvgIpc) is 2.96. The Kier molecular flexibility index (Phi) is 15.2. The number of nitrogens with one attached hydrogen (secondary N) is 2. The molecule has 2 aromatic carbocycles. The molecule has 2 rings (SSSR count). The highest BCUT2D eigenvalue weighted by Crippen LogP contribution is 2.29.